The van der Waals surface area contributed by atoms with E-state index < -0.39 is 0 Å². The van der Waals surface area contributed by atoms with E-state index in [-0.39, 0.29) is 18.6 Å². The number of aryl methyl sites for hydroxylation is 1. The highest BCUT2D eigenvalue weighted by Crippen LogP contribution is 2.19. The minimum atomic E-state index is -0.163. The number of aliphatic hydroxyl groups is 1. The summed E-state index contributed by atoms with van der Waals surface area (Å²) in [6.45, 7) is 5.87. The van der Waals surface area contributed by atoms with Gasteiger partial charge in [-0.3, -0.25) is 9.69 Å². The van der Waals surface area contributed by atoms with Crippen LogP contribution in [0.25, 0.3) is 0 Å². The van der Waals surface area contributed by atoms with Crippen LogP contribution in [0.5, 0.6) is 0 Å². The monoisotopic (exact) mass is 276 g/mol. The second-order valence-electron chi connectivity index (χ2n) is 5.67. The molecule has 2 unspecified atom stereocenters. The normalized spacial score (nSPS) is 21.4. The number of amides is 1. The fourth-order valence-corrected chi connectivity index (χ4v) is 2.71. The highest BCUT2D eigenvalue weighted by molar-refractivity contribution is 5.95. The summed E-state index contributed by atoms with van der Waals surface area (Å²) >= 11 is 0. The predicted octanol–water partition coefficient (Wildman–Crippen LogP) is 2.03. The second kappa shape index (κ2) is 6.86. The maximum atomic E-state index is 12.3. The lowest BCUT2D eigenvalue weighted by Gasteiger charge is -2.35. The van der Waals surface area contributed by atoms with Crippen molar-refractivity contribution in [2.45, 2.75) is 32.7 Å². The van der Waals surface area contributed by atoms with Gasteiger partial charge in [-0.2, -0.15) is 0 Å². The molecule has 4 heteroatoms. The number of carbonyl (C=O) groups excluding carboxylic acids is 1. The Labute approximate surface area is 120 Å². The van der Waals surface area contributed by atoms with Crippen molar-refractivity contribution in [3.8, 4) is 0 Å². The molecule has 1 saturated heterocycles. The highest BCUT2D eigenvalue weighted by Gasteiger charge is 2.27. The number of nitrogens with one attached hydrogen (secondary N) is 1. The average Bonchev–Trinajstić information content (AvgIpc) is 2.48. The number of carbonyl (C=O) groups is 1. The van der Waals surface area contributed by atoms with Crippen LogP contribution in [0.1, 0.15) is 25.3 Å². The van der Waals surface area contributed by atoms with Crippen LogP contribution >= 0.6 is 0 Å². The Bertz CT molecular complexity index is 462. The third-order valence-corrected chi connectivity index (χ3v) is 4.14. The lowest BCUT2D eigenvalue weighted by Crippen LogP contribution is -2.47. The molecular formula is C16H24N2O2. The fourth-order valence-electron chi connectivity index (χ4n) is 2.71. The van der Waals surface area contributed by atoms with E-state index in [4.69, 9.17) is 0 Å². The van der Waals surface area contributed by atoms with E-state index in [1.807, 2.05) is 38.1 Å². The second-order valence-corrected chi connectivity index (χ2v) is 5.67. The molecule has 1 heterocycles. The van der Waals surface area contributed by atoms with Crippen LogP contribution in [0, 0.1) is 12.8 Å². The van der Waals surface area contributed by atoms with Crippen molar-refractivity contribution in [1.82, 2.24) is 4.90 Å². The van der Waals surface area contributed by atoms with Gasteiger partial charge in [-0.25, -0.2) is 0 Å². The molecule has 2 rings (SSSR count). The zero-order chi connectivity index (χ0) is 14.5. The number of anilines is 1. The summed E-state index contributed by atoms with van der Waals surface area (Å²) in [7, 11) is 0. The summed E-state index contributed by atoms with van der Waals surface area (Å²) in [5.74, 6) is 0.329. The summed E-state index contributed by atoms with van der Waals surface area (Å²) in [4.78, 5) is 14.5. The van der Waals surface area contributed by atoms with E-state index in [9.17, 15) is 9.90 Å². The number of hydrogen-bond acceptors (Lipinski definition) is 3. The molecule has 1 aliphatic rings. The number of likely N-dealkylation sites (tertiary alicyclic amines) is 1. The van der Waals surface area contributed by atoms with Crippen molar-refractivity contribution in [2.75, 3.05) is 25.0 Å². The van der Waals surface area contributed by atoms with Gasteiger partial charge in [-0.05, 0) is 50.8 Å². The van der Waals surface area contributed by atoms with Crippen molar-refractivity contribution >= 4 is 11.6 Å². The van der Waals surface area contributed by atoms with Gasteiger partial charge in [0.05, 0.1) is 6.04 Å². The van der Waals surface area contributed by atoms with E-state index in [1.54, 1.807) is 0 Å². The molecule has 0 aliphatic carbocycles. The number of para-hydroxylation sites is 1. The Morgan fingerprint density at radius 2 is 2.25 bits per heavy atom. The summed E-state index contributed by atoms with van der Waals surface area (Å²) in [6, 6.07) is 7.64. The number of rotatable bonds is 4. The molecule has 0 radical (unpaired) electrons. The first-order valence-corrected chi connectivity index (χ1v) is 7.33. The zero-order valence-electron chi connectivity index (χ0n) is 12.3. The number of piperidine rings is 1. The molecule has 20 heavy (non-hydrogen) atoms. The number of hydrogen-bond donors (Lipinski definition) is 2. The quantitative estimate of drug-likeness (QED) is 0.884. The van der Waals surface area contributed by atoms with E-state index in [0.717, 1.165) is 37.2 Å². The van der Waals surface area contributed by atoms with Gasteiger partial charge in [0.1, 0.15) is 0 Å². The minimum Gasteiger partial charge on any atom is -0.396 e. The van der Waals surface area contributed by atoms with E-state index in [2.05, 4.69) is 10.2 Å². The van der Waals surface area contributed by atoms with Crippen LogP contribution in [0.2, 0.25) is 0 Å². The smallest absolute Gasteiger partial charge is 0.241 e. The molecule has 1 amide bonds. The molecule has 0 saturated carbocycles. The first-order chi connectivity index (χ1) is 9.61. The fraction of sp³-hybridized carbons (Fsp3) is 0.562. The number of nitrogens with zero attached hydrogens (tertiary/aromatic N) is 1. The number of benzene rings is 1. The van der Waals surface area contributed by atoms with Gasteiger partial charge in [0.25, 0.3) is 0 Å². The minimum absolute atomic E-state index is 0.0258. The molecule has 2 atom stereocenters. The zero-order valence-corrected chi connectivity index (χ0v) is 12.3. The van der Waals surface area contributed by atoms with Crippen molar-refractivity contribution in [3.05, 3.63) is 29.8 Å². The largest absolute Gasteiger partial charge is 0.396 e. The molecule has 1 aromatic rings. The van der Waals surface area contributed by atoms with Gasteiger partial charge in [-0.15, -0.1) is 0 Å². The van der Waals surface area contributed by atoms with Crippen molar-refractivity contribution < 1.29 is 9.90 Å². The van der Waals surface area contributed by atoms with E-state index >= 15 is 0 Å². The van der Waals surface area contributed by atoms with Gasteiger partial charge in [0, 0.05) is 18.8 Å². The standard InChI is InChI=1S/C16H24N2O2/c1-12-6-3-4-8-15(12)17-16(20)13(2)18-9-5-7-14(10-18)11-19/h3-4,6,8,13-14,19H,5,7,9-11H2,1-2H3,(H,17,20). The maximum Gasteiger partial charge on any atom is 0.241 e. The van der Waals surface area contributed by atoms with Crippen LogP contribution in [-0.2, 0) is 4.79 Å². The Kier molecular flexibility index (Phi) is 5.15. The molecule has 110 valence electrons. The SMILES string of the molecule is Cc1ccccc1NC(=O)C(C)N1CCCC(CO)C1. The summed E-state index contributed by atoms with van der Waals surface area (Å²) < 4.78 is 0. The third kappa shape index (κ3) is 3.58. The Morgan fingerprint density at radius 3 is 2.95 bits per heavy atom. The molecule has 0 spiro atoms. The lowest BCUT2D eigenvalue weighted by molar-refractivity contribution is -0.121. The Morgan fingerprint density at radius 1 is 1.50 bits per heavy atom. The molecule has 0 bridgehead atoms. The lowest BCUT2D eigenvalue weighted by atomic mass is 9.97. The summed E-state index contributed by atoms with van der Waals surface area (Å²) in [5.41, 5.74) is 1.94. The first kappa shape index (κ1) is 15.0. The van der Waals surface area contributed by atoms with Gasteiger partial charge in [-0.1, -0.05) is 18.2 Å². The first-order valence-electron chi connectivity index (χ1n) is 7.33. The van der Waals surface area contributed by atoms with Crippen LogP contribution in [0.3, 0.4) is 0 Å². The van der Waals surface area contributed by atoms with Crippen molar-refractivity contribution in [1.29, 1.82) is 0 Å². The number of aliphatic hydroxyl groups excluding tert-OH is 1. The van der Waals surface area contributed by atoms with Gasteiger partial charge in [0.2, 0.25) is 5.91 Å². The van der Waals surface area contributed by atoms with Crippen molar-refractivity contribution in [2.24, 2.45) is 5.92 Å². The van der Waals surface area contributed by atoms with Crippen LogP contribution in [0.15, 0.2) is 24.3 Å². The van der Waals surface area contributed by atoms with Gasteiger partial charge in [0.15, 0.2) is 0 Å². The summed E-state index contributed by atoms with van der Waals surface area (Å²) in [5, 5.41) is 12.3. The van der Waals surface area contributed by atoms with Gasteiger partial charge >= 0.3 is 0 Å². The van der Waals surface area contributed by atoms with Crippen LogP contribution in [0.4, 0.5) is 5.69 Å². The van der Waals surface area contributed by atoms with E-state index in [1.165, 1.54) is 0 Å². The predicted molar refractivity (Wildman–Crippen MR) is 80.7 cm³/mol. The summed E-state index contributed by atoms with van der Waals surface area (Å²) in [6.07, 6.45) is 2.10. The molecule has 1 aromatic carbocycles. The van der Waals surface area contributed by atoms with Crippen LogP contribution in [-0.4, -0.2) is 41.7 Å². The average molecular weight is 276 g/mol. The topological polar surface area (TPSA) is 52.6 Å². The molecule has 2 N–H and O–H groups in total. The van der Waals surface area contributed by atoms with Crippen molar-refractivity contribution in [3.63, 3.8) is 0 Å². The maximum absolute atomic E-state index is 12.3. The molecule has 1 aliphatic heterocycles. The van der Waals surface area contributed by atoms with Gasteiger partial charge < -0.3 is 10.4 Å². The Hall–Kier alpha value is -1.39. The highest BCUT2D eigenvalue weighted by atomic mass is 16.3. The Balaban J connectivity index is 1.96. The molecular weight excluding hydrogens is 252 g/mol. The molecule has 1 fully saturated rings. The molecule has 0 aromatic heterocycles. The molecule has 4 nitrogen and oxygen atoms in total. The van der Waals surface area contributed by atoms with Crippen LogP contribution < -0.4 is 5.32 Å². The van der Waals surface area contributed by atoms with E-state index in [0.29, 0.717) is 5.92 Å². The third-order valence-electron chi connectivity index (χ3n) is 4.14.